The van der Waals surface area contributed by atoms with Crippen molar-refractivity contribution in [3.8, 4) is 11.1 Å². The lowest BCUT2D eigenvalue weighted by atomic mass is 9.84. The Morgan fingerprint density at radius 3 is 2.65 bits per heavy atom. The first-order valence-electron chi connectivity index (χ1n) is 8.82. The Balaban J connectivity index is 1.63. The Hall–Kier alpha value is -3.07. The average molecular weight is 341 g/mol. The van der Waals surface area contributed by atoms with E-state index in [0.717, 1.165) is 22.3 Å². The van der Waals surface area contributed by atoms with Crippen LogP contribution in [0.1, 0.15) is 51.1 Å². The molecule has 4 rings (SSSR count). The molecule has 0 saturated heterocycles. The monoisotopic (exact) mass is 341 g/mol. The second-order valence-corrected chi connectivity index (χ2v) is 6.83. The standard InChI is InChI=1S/C23H19NO2/c1-15(16-5-3-2-4-6-16)11-22(25)17-7-8-20-19-9-10-24-14-18(19)13-23(26)21(20)12-17/h2-10,12,14-15H,11,13H2,1H3/t15-/m0/s1. The highest BCUT2D eigenvalue weighted by Crippen LogP contribution is 2.34. The summed E-state index contributed by atoms with van der Waals surface area (Å²) >= 11 is 0. The molecule has 26 heavy (non-hydrogen) atoms. The Labute approximate surface area is 152 Å². The van der Waals surface area contributed by atoms with E-state index < -0.39 is 0 Å². The summed E-state index contributed by atoms with van der Waals surface area (Å²) in [6.07, 6.45) is 4.25. The number of hydrogen-bond acceptors (Lipinski definition) is 3. The number of hydrogen-bond donors (Lipinski definition) is 0. The van der Waals surface area contributed by atoms with Crippen molar-refractivity contribution in [2.45, 2.75) is 25.7 Å². The Morgan fingerprint density at radius 2 is 1.85 bits per heavy atom. The molecule has 1 aliphatic carbocycles. The van der Waals surface area contributed by atoms with Crippen molar-refractivity contribution >= 4 is 11.6 Å². The summed E-state index contributed by atoms with van der Waals surface area (Å²) in [6, 6.07) is 17.5. The normalized spacial score (nSPS) is 13.7. The zero-order chi connectivity index (χ0) is 18.1. The predicted molar refractivity (Wildman–Crippen MR) is 102 cm³/mol. The molecule has 128 valence electrons. The number of nitrogens with zero attached hydrogens (tertiary/aromatic N) is 1. The Morgan fingerprint density at radius 1 is 1.04 bits per heavy atom. The van der Waals surface area contributed by atoms with Crippen molar-refractivity contribution in [3.63, 3.8) is 0 Å². The zero-order valence-corrected chi connectivity index (χ0v) is 14.6. The molecule has 3 aromatic rings. The fraction of sp³-hybridized carbons (Fsp3) is 0.174. The fourth-order valence-corrected chi connectivity index (χ4v) is 3.58. The fourth-order valence-electron chi connectivity index (χ4n) is 3.58. The minimum absolute atomic E-state index is 0.0475. The minimum Gasteiger partial charge on any atom is -0.294 e. The van der Waals surface area contributed by atoms with E-state index in [0.29, 0.717) is 24.0 Å². The molecule has 2 aromatic carbocycles. The molecule has 1 atom stereocenters. The molecule has 0 unspecified atom stereocenters. The second kappa shape index (κ2) is 6.68. The van der Waals surface area contributed by atoms with E-state index in [1.807, 2.05) is 48.5 Å². The van der Waals surface area contributed by atoms with Gasteiger partial charge in [0.15, 0.2) is 11.6 Å². The van der Waals surface area contributed by atoms with Crippen LogP contribution in [0.25, 0.3) is 11.1 Å². The molecule has 0 saturated carbocycles. The van der Waals surface area contributed by atoms with Crippen LogP contribution in [0.15, 0.2) is 67.0 Å². The summed E-state index contributed by atoms with van der Waals surface area (Å²) < 4.78 is 0. The maximum atomic E-state index is 12.7. The summed E-state index contributed by atoms with van der Waals surface area (Å²) in [5, 5.41) is 0. The van der Waals surface area contributed by atoms with Gasteiger partial charge in [0.25, 0.3) is 0 Å². The number of aromatic nitrogens is 1. The summed E-state index contributed by atoms with van der Waals surface area (Å²) in [7, 11) is 0. The summed E-state index contributed by atoms with van der Waals surface area (Å²) in [5.74, 6) is 0.256. The van der Waals surface area contributed by atoms with Gasteiger partial charge in [-0.15, -0.1) is 0 Å². The zero-order valence-electron chi connectivity index (χ0n) is 14.6. The number of rotatable bonds is 4. The lowest BCUT2D eigenvalue weighted by molar-refractivity contribution is 0.0975. The van der Waals surface area contributed by atoms with E-state index in [1.54, 1.807) is 18.5 Å². The van der Waals surface area contributed by atoms with Gasteiger partial charge in [-0.2, -0.15) is 0 Å². The van der Waals surface area contributed by atoms with Gasteiger partial charge < -0.3 is 0 Å². The first-order chi connectivity index (χ1) is 12.6. The van der Waals surface area contributed by atoms with Crippen molar-refractivity contribution in [1.82, 2.24) is 4.98 Å². The molecule has 0 bridgehead atoms. The van der Waals surface area contributed by atoms with Gasteiger partial charge in [0, 0.05) is 36.4 Å². The van der Waals surface area contributed by atoms with E-state index in [1.165, 1.54) is 0 Å². The summed E-state index contributed by atoms with van der Waals surface area (Å²) in [6.45, 7) is 2.06. The van der Waals surface area contributed by atoms with Crippen LogP contribution in [0.2, 0.25) is 0 Å². The first-order valence-corrected chi connectivity index (χ1v) is 8.82. The lowest BCUT2D eigenvalue weighted by Crippen LogP contribution is -2.14. The number of carbonyl (C=O) groups is 2. The lowest BCUT2D eigenvalue weighted by Gasteiger charge is -2.19. The van der Waals surface area contributed by atoms with Gasteiger partial charge in [-0.25, -0.2) is 0 Å². The number of fused-ring (bicyclic) bond motifs is 3. The van der Waals surface area contributed by atoms with Gasteiger partial charge in [0.1, 0.15) is 0 Å². The third kappa shape index (κ3) is 2.97. The van der Waals surface area contributed by atoms with E-state index >= 15 is 0 Å². The van der Waals surface area contributed by atoms with Crippen LogP contribution >= 0.6 is 0 Å². The third-order valence-electron chi connectivity index (χ3n) is 5.05. The quantitative estimate of drug-likeness (QED) is 0.636. The van der Waals surface area contributed by atoms with E-state index in [-0.39, 0.29) is 17.5 Å². The number of carbonyl (C=O) groups excluding carboxylic acids is 2. The molecule has 0 aliphatic heterocycles. The highest BCUT2D eigenvalue weighted by molar-refractivity contribution is 6.09. The van der Waals surface area contributed by atoms with Gasteiger partial charge >= 0.3 is 0 Å². The van der Waals surface area contributed by atoms with Crippen LogP contribution in [-0.4, -0.2) is 16.6 Å². The van der Waals surface area contributed by atoms with Crippen LogP contribution < -0.4 is 0 Å². The van der Waals surface area contributed by atoms with Crippen LogP contribution in [0.5, 0.6) is 0 Å². The van der Waals surface area contributed by atoms with Crippen molar-refractivity contribution in [2.75, 3.05) is 0 Å². The van der Waals surface area contributed by atoms with Crippen LogP contribution in [0.4, 0.5) is 0 Å². The predicted octanol–water partition coefficient (Wildman–Crippen LogP) is 4.86. The third-order valence-corrected chi connectivity index (χ3v) is 5.05. The van der Waals surface area contributed by atoms with E-state index in [4.69, 9.17) is 0 Å². The van der Waals surface area contributed by atoms with Crippen LogP contribution in [-0.2, 0) is 6.42 Å². The highest BCUT2D eigenvalue weighted by Gasteiger charge is 2.24. The molecule has 1 heterocycles. The minimum atomic E-state index is 0.0475. The van der Waals surface area contributed by atoms with Crippen molar-refractivity contribution in [2.24, 2.45) is 0 Å². The maximum Gasteiger partial charge on any atom is 0.167 e. The highest BCUT2D eigenvalue weighted by atomic mass is 16.1. The maximum absolute atomic E-state index is 12.7. The average Bonchev–Trinajstić information content (AvgIpc) is 2.68. The topological polar surface area (TPSA) is 47.0 Å². The van der Waals surface area contributed by atoms with Gasteiger partial charge in [-0.05, 0) is 40.3 Å². The van der Waals surface area contributed by atoms with Gasteiger partial charge in [0.05, 0.1) is 0 Å². The van der Waals surface area contributed by atoms with E-state index in [9.17, 15) is 9.59 Å². The molecule has 3 nitrogen and oxygen atoms in total. The number of pyridine rings is 1. The van der Waals surface area contributed by atoms with Crippen LogP contribution in [0.3, 0.4) is 0 Å². The Bertz CT molecular complexity index is 992. The molecule has 3 heteroatoms. The van der Waals surface area contributed by atoms with Gasteiger partial charge in [-0.3, -0.25) is 14.6 Å². The first kappa shape index (κ1) is 16.4. The second-order valence-electron chi connectivity index (χ2n) is 6.83. The molecular formula is C23H19NO2. The largest absolute Gasteiger partial charge is 0.294 e. The summed E-state index contributed by atoms with van der Waals surface area (Å²) in [5.41, 5.74) is 5.27. The summed E-state index contributed by atoms with van der Waals surface area (Å²) in [4.78, 5) is 29.4. The number of ketones is 2. The number of Topliss-reactive ketones (excluding diaryl/α,β-unsaturated/α-hetero) is 2. The molecule has 0 fully saturated rings. The molecule has 0 spiro atoms. The molecule has 0 amide bonds. The van der Waals surface area contributed by atoms with E-state index in [2.05, 4.69) is 11.9 Å². The molecule has 1 aromatic heterocycles. The molecule has 1 aliphatic rings. The molecule has 0 N–H and O–H groups in total. The van der Waals surface area contributed by atoms with Crippen LogP contribution in [0, 0.1) is 0 Å². The molecular weight excluding hydrogens is 322 g/mol. The smallest absolute Gasteiger partial charge is 0.167 e. The molecule has 0 radical (unpaired) electrons. The SMILES string of the molecule is C[C@@H](CC(=O)c1ccc2c(c1)C(=O)Cc1cnccc1-2)c1ccccc1. The Kier molecular flexibility index (Phi) is 4.21. The number of benzene rings is 2. The van der Waals surface area contributed by atoms with Gasteiger partial charge in [0.2, 0.25) is 0 Å². The van der Waals surface area contributed by atoms with Crippen molar-refractivity contribution in [1.29, 1.82) is 0 Å². The van der Waals surface area contributed by atoms with Crippen molar-refractivity contribution in [3.05, 3.63) is 89.2 Å². The van der Waals surface area contributed by atoms with Crippen molar-refractivity contribution < 1.29 is 9.59 Å². The van der Waals surface area contributed by atoms with Gasteiger partial charge in [-0.1, -0.05) is 49.4 Å².